The average molecular weight is 267 g/mol. The first-order chi connectivity index (χ1) is 9.24. The second-order valence-corrected chi connectivity index (χ2v) is 5.75. The summed E-state index contributed by atoms with van der Waals surface area (Å²) in [6.45, 7) is 2.40. The summed E-state index contributed by atoms with van der Waals surface area (Å²) in [4.78, 5) is 0. The van der Waals surface area contributed by atoms with E-state index in [1.807, 2.05) is 0 Å². The largest absolute Gasteiger partial charge is 0.396 e. The van der Waals surface area contributed by atoms with Crippen LogP contribution in [0.5, 0.6) is 0 Å². The zero-order valence-corrected chi connectivity index (χ0v) is 11.8. The van der Waals surface area contributed by atoms with Crippen molar-refractivity contribution >= 4 is 0 Å². The van der Waals surface area contributed by atoms with Gasteiger partial charge in [0.2, 0.25) is 0 Å². The zero-order chi connectivity index (χ0) is 13.7. The van der Waals surface area contributed by atoms with Crippen LogP contribution in [0.1, 0.15) is 58.3 Å². The van der Waals surface area contributed by atoms with Gasteiger partial charge in [-0.15, -0.1) is 0 Å². The molecule has 2 rings (SSSR count). The molecule has 0 spiro atoms. The van der Waals surface area contributed by atoms with Crippen molar-refractivity contribution < 1.29 is 14.6 Å². The first-order valence-corrected chi connectivity index (χ1v) is 7.55. The van der Waals surface area contributed by atoms with E-state index in [4.69, 9.17) is 19.8 Å². The van der Waals surface area contributed by atoms with Gasteiger partial charge in [0.1, 0.15) is 0 Å². The van der Waals surface area contributed by atoms with Gasteiger partial charge in [-0.3, -0.25) is 0 Å². The third-order valence-corrected chi connectivity index (χ3v) is 4.53. The van der Waals surface area contributed by atoms with E-state index in [9.17, 15) is 0 Å². The van der Waals surface area contributed by atoms with Crippen LogP contribution in [-0.2, 0) is 9.47 Å². The average Bonchev–Trinajstić information content (AvgIpc) is 2.81. The number of aliphatic hydroxyl groups excluding tert-OH is 1. The maximum atomic E-state index is 8.93. The summed E-state index contributed by atoms with van der Waals surface area (Å²) in [5, 5.41) is 17.6. The normalized spacial score (nSPS) is 37.8. The van der Waals surface area contributed by atoms with Gasteiger partial charge >= 0.3 is 0 Å². The summed E-state index contributed by atoms with van der Waals surface area (Å²) < 4.78 is 12.4. The highest BCUT2D eigenvalue weighted by Crippen LogP contribution is 2.45. The minimum Gasteiger partial charge on any atom is -0.396 e. The maximum Gasteiger partial charge on any atom is 0.0968 e. The molecule has 2 heterocycles. The van der Waals surface area contributed by atoms with E-state index >= 15 is 0 Å². The van der Waals surface area contributed by atoms with Crippen molar-refractivity contribution in [2.24, 2.45) is 0 Å². The molecule has 0 aromatic heterocycles. The topological polar surface area (TPSA) is 62.5 Å². The van der Waals surface area contributed by atoms with Crippen molar-refractivity contribution in [2.45, 2.75) is 82.2 Å². The second kappa shape index (κ2) is 6.69. The second-order valence-electron chi connectivity index (χ2n) is 5.75. The summed E-state index contributed by atoms with van der Waals surface area (Å²) in [5.74, 6) is 0. The predicted molar refractivity (Wildman–Crippen MR) is 71.6 cm³/mol. The fraction of sp³-hybridized carbons (Fsp3) is 0.933. The van der Waals surface area contributed by atoms with E-state index in [2.05, 4.69) is 13.0 Å². The Bertz CT molecular complexity index is 328. The molecule has 2 aliphatic heterocycles. The number of nitrogens with zero attached hydrogens (tertiary/aromatic N) is 1. The van der Waals surface area contributed by atoms with E-state index in [1.54, 1.807) is 0 Å². The van der Waals surface area contributed by atoms with E-state index in [-0.39, 0.29) is 30.5 Å². The molecule has 4 heteroatoms. The van der Waals surface area contributed by atoms with Gasteiger partial charge in [-0.25, -0.2) is 0 Å². The number of nitriles is 1. The van der Waals surface area contributed by atoms with Gasteiger partial charge in [0.05, 0.1) is 30.0 Å². The van der Waals surface area contributed by atoms with Crippen LogP contribution >= 0.6 is 0 Å². The van der Waals surface area contributed by atoms with E-state index in [0.29, 0.717) is 6.42 Å². The lowest BCUT2D eigenvalue weighted by atomic mass is 9.83. The van der Waals surface area contributed by atoms with Gasteiger partial charge in [-0.05, 0) is 38.5 Å². The highest BCUT2D eigenvalue weighted by Gasteiger charge is 2.51. The SMILES string of the molecule is CCC12CC(CCCO)OC1CCC(CCC#N)O2. The Morgan fingerprint density at radius 2 is 2.16 bits per heavy atom. The van der Waals surface area contributed by atoms with Crippen LogP contribution in [0.3, 0.4) is 0 Å². The number of rotatable bonds is 6. The number of aliphatic hydroxyl groups is 1. The monoisotopic (exact) mass is 267 g/mol. The minimum absolute atomic E-state index is 0.140. The highest BCUT2D eigenvalue weighted by atomic mass is 16.6. The first-order valence-electron chi connectivity index (χ1n) is 7.55. The Labute approximate surface area is 115 Å². The number of ether oxygens (including phenoxy) is 2. The predicted octanol–water partition coefficient (Wildman–Crippen LogP) is 2.55. The molecule has 0 aliphatic carbocycles. The molecule has 0 bridgehead atoms. The molecule has 2 saturated heterocycles. The lowest BCUT2D eigenvalue weighted by Gasteiger charge is -2.41. The molecule has 0 radical (unpaired) electrons. The molecule has 19 heavy (non-hydrogen) atoms. The molecule has 4 unspecified atom stereocenters. The van der Waals surface area contributed by atoms with Gasteiger partial charge in [-0.1, -0.05) is 6.92 Å². The van der Waals surface area contributed by atoms with Crippen LogP contribution in [0.4, 0.5) is 0 Å². The van der Waals surface area contributed by atoms with Crippen molar-refractivity contribution in [3.05, 3.63) is 0 Å². The molecule has 0 aromatic carbocycles. The lowest BCUT2D eigenvalue weighted by molar-refractivity contribution is -0.168. The summed E-state index contributed by atoms with van der Waals surface area (Å²) in [6, 6.07) is 2.20. The standard InChI is InChI=1S/C15H25NO3/c1-2-15-11-13(6-4-10-17)18-14(15)8-7-12(19-15)5-3-9-16/h12-14,17H,2-8,10-11H2,1H3. The Kier molecular flexibility index (Phi) is 5.20. The molecule has 4 atom stereocenters. The van der Waals surface area contributed by atoms with E-state index in [0.717, 1.165) is 44.9 Å². The van der Waals surface area contributed by atoms with Crippen molar-refractivity contribution in [2.75, 3.05) is 6.61 Å². The quantitative estimate of drug-likeness (QED) is 0.803. The summed E-state index contributed by atoms with van der Waals surface area (Å²) in [6.07, 6.45) is 7.74. The molecule has 108 valence electrons. The Morgan fingerprint density at radius 3 is 2.84 bits per heavy atom. The van der Waals surface area contributed by atoms with Crippen LogP contribution in [0, 0.1) is 11.3 Å². The van der Waals surface area contributed by atoms with Crippen molar-refractivity contribution in [1.82, 2.24) is 0 Å². The Balaban J connectivity index is 1.95. The van der Waals surface area contributed by atoms with Crippen molar-refractivity contribution in [1.29, 1.82) is 5.26 Å². The highest BCUT2D eigenvalue weighted by molar-refractivity contribution is 5.00. The van der Waals surface area contributed by atoms with E-state index < -0.39 is 0 Å². The first kappa shape index (κ1) is 14.8. The Morgan fingerprint density at radius 1 is 1.32 bits per heavy atom. The molecule has 4 nitrogen and oxygen atoms in total. The van der Waals surface area contributed by atoms with E-state index in [1.165, 1.54) is 0 Å². The van der Waals surface area contributed by atoms with Crippen molar-refractivity contribution in [3.63, 3.8) is 0 Å². The van der Waals surface area contributed by atoms with Crippen LogP contribution in [-0.4, -0.2) is 35.6 Å². The molecule has 0 amide bonds. The number of fused-ring (bicyclic) bond motifs is 1. The fourth-order valence-electron chi connectivity index (χ4n) is 3.48. The molecule has 0 aromatic rings. The molecule has 2 fully saturated rings. The van der Waals surface area contributed by atoms with Gasteiger partial charge in [-0.2, -0.15) is 5.26 Å². The minimum atomic E-state index is -0.140. The smallest absolute Gasteiger partial charge is 0.0968 e. The van der Waals surface area contributed by atoms with Gasteiger partial charge in [0.15, 0.2) is 0 Å². The van der Waals surface area contributed by atoms with Gasteiger partial charge < -0.3 is 14.6 Å². The van der Waals surface area contributed by atoms with Gasteiger partial charge in [0, 0.05) is 19.4 Å². The van der Waals surface area contributed by atoms with Crippen LogP contribution in [0.25, 0.3) is 0 Å². The molecular formula is C15H25NO3. The number of hydrogen-bond acceptors (Lipinski definition) is 4. The molecular weight excluding hydrogens is 242 g/mol. The third-order valence-electron chi connectivity index (χ3n) is 4.53. The van der Waals surface area contributed by atoms with Crippen LogP contribution < -0.4 is 0 Å². The molecule has 2 aliphatic rings. The van der Waals surface area contributed by atoms with Crippen LogP contribution in [0.2, 0.25) is 0 Å². The zero-order valence-electron chi connectivity index (χ0n) is 11.8. The summed E-state index contributed by atoms with van der Waals surface area (Å²) in [5.41, 5.74) is -0.140. The summed E-state index contributed by atoms with van der Waals surface area (Å²) in [7, 11) is 0. The van der Waals surface area contributed by atoms with Gasteiger partial charge in [0.25, 0.3) is 0 Å². The molecule has 0 saturated carbocycles. The third kappa shape index (κ3) is 3.28. The van der Waals surface area contributed by atoms with Crippen LogP contribution in [0.15, 0.2) is 0 Å². The summed E-state index contributed by atoms with van der Waals surface area (Å²) >= 11 is 0. The maximum absolute atomic E-state index is 8.93. The Hall–Kier alpha value is -0.630. The van der Waals surface area contributed by atoms with Crippen molar-refractivity contribution in [3.8, 4) is 6.07 Å². The fourth-order valence-corrected chi connectivity index (χ4v) is 3.48. The lowest BCUT2D eigenvalue weighted by Crippen LogP contribution is -2.47. The number of hydrogen-bond donors (Lipinski definition) is 1. The molecule has 1 N–H and O–H groups in total.